The lowest BCUT2D eigenvalue weighted by Crippen LogP contribution is -2.04. The van der Waals surface area contributed by atoms with Gasteiger partial charge in [-0.2, -0.15) is 0 Å². The molecular formula is C15H15BrN4O. The van der Waals surface area contributed by atoms with Crippen LogP contribution in [-0.2, 0) is 13.0 Å². The molecular weight excluding hydrogens is 332 g/mol. The molecule has 6 heteroatoms. The lowest BCUT2D eigenvalue weighted by molar-refractivity contribution is 0.466. The summed E-state index contributed by atoms with van der Waals surface area (Å²) in [6, 6.07) is 5.90. The zero-order chi connectivity index (χ0) is 14.8. The first kappa shape index (κ1) is 13.9. The van der Waals surface area contributed by atoms with Gasteiger partial charge in [-0.15, -0.1) is 0 Å². The molecule has 0 bridgehead atoms. The molecule has 21 heavy (non-hydrogen) atoms. The van der Waals surface area contributed by atoms with Crippen LogP contribution in [0.3, 0.4) is 0 Å². The first-order valence-electron chi connectivity index (χ1n) is 6.68. The summed E-state index contributed by atoms with van der Waals surface area (Å²) in [4.78, 5) is 8.56. The summed E-state index contributed by atoms with van der Waals surface area (Å²) in [5.41, 5.74) is 8.37. The highest BCUT2D eigenvalue weighted by Crippen LogP contribution is 2.30. The molecule has 0 saturated carbocycles. The second kappa shape index (κ2) is 5.73. The molecule has 3 N–H and O–H groups in total. The SMILES string of the molecule is CCc1cnc(CNc2c(N)cnc3ccc(Br)cc23)o1. The fourth-order valence-corrected chi connectivity index (χ4v) is 2.50. The predicted molar refractivity (Wildman–Crippen MR) is 87.1 cm³/mol. The number of nitrogen functional groups attached to an aromatic ring is 1. The van der Waals surface area contributed by atoms with Crippen LogP contribution in [0.25, 0.3) is 10.9 Å². The van der Waals surface area contributed by atoms with E-state index in [0.717, 1.165) is 33.2 Å². The fraction of sp³-hybridized carbons (Fsp3) is 0.200. The lowest BCUT2D eigenvalue weighted by Gasteiger charge is -2.11. The van der Waals surface area contributed by atoms with Crippen molar-refractivity contribution in [3.05, 3.63) is 46.7 Å². The van der Waals surface area contributed by atoms with Crippen LogP contribution in [0.1, 0.15) is 18.6 Å². The number of hydrogen-bond donors (Lipinski definition) is 2. The van der Waals surface area contributed by atoms with Crippen LogP contribution in [-0.4, -0.2) is 9.97 Å². The normalized spacial score (nSPS) is 11.0. The van der Waals surface area contributed by atoms with Crippen molar-refractivity contribution < 1.29 is 4.42 Å². The number of nitrogens with zero attached hydrogens (tertiary/aromatic N) is 2. The number of halogens is 1. The molecule has 0 spiro atoms. The summed E-state index contributed by atoms with van der Waals surface area (Å²) in [5, 5.41) is 4.26. The second-order valence-corrected chi connectivity index (χ2v) is 5.59. The van der Waals surface area contributed by atoms with Crippen molar-refractivity contribution in [1.82, 2.24) is 9.97 Å². The molecule has 0 aliphatic heterocycles. The van der Waals surface area contributed by atoms with Gasteiger partial charge in [0.2, 0.25) is 5.89 Å². The average Bonchev–Trinajstić information content (AvgIpc) is 2.94. The number of pyridine rings is 1. The van der Waals surface area contributed by atoms with E-state index in [2.05, 4.69) is 31.2 Å². The Morgan fingerprint density at radius 1 is 1.29 bits per heavy atom. The molecule has 0 aliphatic carbocycles. The van der Waals surface area contributed by atoms with Crippen molar-refractivity contribution in [3.8, 4) is 0 Å². The zero-order valence-electron chi connectivity index (χ0n) is 11.6. The number of fused-ring (bicyclic) bond motifs is 1. The fourth-order valence-electron chi connectivity index (χ4n) is 2.13. The van der Waals surface area contributed by atoms with Gasteiger partial charge in [0.15, 0.2) is 0 Å². The molecule has 0 unspecified atom stereocenters. The van der Waals surface area contributed by atoms with Crippen LogP contribution in [0, 0.1) is 0 Å². The highest BCUT2D eigenvalue weighted by Gasteiger charge is 2.09. The van der Waals surface area contributed by atoms with Crippen molar-refractivity contribution in [2.24, 2.45) is 0 Å². The standard InChI is InChI=1S/C15H15BrN4O/c1-2-10-6-19-14(21-10)8-20-15-11-5-9(16)3-4-13(11)18-7-12(15)17/h3-7H,2,8,17H2,1H3,(H,18,20). The zero-order valence-corrected chi connectivity index (χ0v) is 13.1. The van der Waals surface area contributed by atoms with E-state index < -0.39 is 0 Å². The molecule has 0 amide bonds. The average molecular weight is 347 g/mol. The molecule has 3 aromatic rings. The van der Waals surface area contributed by atoms with Crippen LogP contribution in [0.5, 0.6) is 0 Å². The quantitative estimate of drug-likeness (QED) is 0.752. The van der Waals surface area contributed by atoms with E-state index in [1.54, 1.807) is 12.4 Å². The number of benzene rings is 1. The third-order valence-electron chi connectivity index (χ3n) is 3.23. The molecule has 108 valence electrons. The van der Waals surface area contributed by atoms with E-state index in [4.69, 9.17) is 10.2 Å². The van der Waals surface area contributed by atoms with Crippen molar-refractivity contribution in [2.45, 2.75) is 19.9 Å². The molecule has 0 saturated heterocycles. The van der Waals surface area contributed by atoms with Gasteiger partial charge in [-0.3, -0.25) is 4.98 Å². The number of aryl methyl sites for hydroxylation is 1. The Morgan fingerprint density at radius 2 is 2.14 bits per heavy atom. The number of nitrogens with one attached hydrogen (secondary N) is 1. The van der Waals surface area contributed by atoms with Crippen molar-refractivity contribution in [1.29, 1.82) is 0 Å². The molecule has 0 atom stereocenters. The van der Waals surface area contributed by atoms with Gasteiger partial charge in [0.25, 0.3) is 0 Å². The maximum Gasteiger partial charge on any atom is 0.213 e. The first-order valence-corrected chi connectivity index (χ1v) is 7.48. The van der Waals surface area contributed by atoms with Crippen LogP contribution < -0.4 is 11.1 Å². The maximum atomic E-state index is 6.04. The number of oxazole rings is 1. The minimum absolute atomic E-state index is 0.482. The smallest absolute Gasteiger partial charge is 0.213 e. The van der Waals surface area contributed by atoms with E-state index in [9.17, 15) is 0 Å². The van der Waals surface area contributed by atoms with Gasteiger partial charge in [-0.05, 0) is 18.2 Å². The minimum atomic E-state index is 0.482. The summed E-state index contributed by atoms with van der Waals surface area (Å²) in [7, 11) is 0. The number of hydrogen-bond acceptors (Lipinski definition) is 5. The van der Waals surface area contributed by atoms with E-state index >= 15 is 0 Å². The second-order valence-electron chi connectivity index (χ2n) is 4.68. The van der Waals surface area contributed by atoms with E-state index in [0.29, 0.717) is 18.1 Å². The molecule has 1 aromatic carbocycles. The number of aromatic nitrogens is 2. The van der Waals surface area contributed by atoms with Gasteiger partial charge in [0, 0.05) is 16.3 Å². The van der Waals surface area contributed by atoms with Gasteiger partial charge in [0.1, 0.15) is 5.76 Å². The third-order valence-corrected chi connectivity index (χ3v) is 3.72. The highest BCUT2D eigenvalue weighted by molar-refractivity contribution is 9.10. The minimum Gasteiger partial charge on any atom is -0.444 e. The van der Waals surface area contributed by atoms with Gasteiger partial charge in [0.05, 0.1) is 35.8 Å². The van der Waals surface area contributed by atoms with E-state index in [1.165, 1.54) is 0 Å². The Morgan fingerprint density at radius 3 is 2.90 bits per heavy atom. The Bertz CT molecular complexity index is 779. The van der Waals surface area contributed by atoms with Gasteiger partial charge < -0.3 is 15.5 Å². The highest BCUT2D eigenvalue weighted by atomic mass is 79.9. The van der Waals surface area contributed by atoms with Gasteiger partial charge in [-0.25, -0.2) is 4.98 Å². The number of rotatable bonds is 4. The summed E-state index contributed by atoms with van der Waals surface area (Å²) in [5.74, 6) is 1.52. The largest absolute Gasteiger partial charge is 0.444 e. The molecule has 2 aromatic heterocycles. The number of nitrogens with two attached hydrogens (primary N) is 1. The Balaban J connectivity index is 1.92. The van der Waals surface area contributed by atoms with Crippen molar-refractivity contribution in [2.75, 3.05) is 11.1 Å². The van der Waals surface area contributed by atoms with Crippen molar-refractivity contribution >= 4 is 38.2 Å². The molecule has 0 aliphatic rings. The Kier molecular flexibility index (Phi) is 3.79. The Labute approximate surface area is 130 Å². The Hall–Kier alpha value is -2.08. The molecule has 0 fully saturated rings. The van der Waals surface area contributed by atoms with Crippen LogP contribution in [0.15, 0.2) is 39.5 Å². The summed E-state index contributed by atoms with van der Waals surface area (Å²) < 4.78 is 6.57. The summed E-state index contributed by atoms with van der Waals surface area (Å²) >= 11 is 3.47. The molecule has 2 heterocycles. The van der Waals surface area contributed by atoms with Crippen molar-refractivity contribution in [3.63, 3.8) is 0 Å². The number of anilines is 2. The van der Waals surface area contributed by atoms with E-state index in [1.807, 2.05) is 25.1 Å². The lowest BCUT2D eigenvalue weighted by atomic mass is 10.1. The van der Waals surface area contributed by atoms with Crippen LogP contribution >= 0.6 is 15.9 Å². The van der Waals surface area contributed by atoms with Gasteiger partial charge >= 0.3 is 0 Å². The van der Waals surface area contributed by atoms with Crippen LogP contribution in [0.4, 0.5) is 11.4 Å². The van der Waals surface area contributed by atoms with Crippen LogP contribution in [0.2, 0.25) is 0 Å². The summed E-state index contributed by atoms with van der Waals surface area (Å²) in [6.07, 6.45) is 4.24. The monoisotopic (exact) mass is 346 g/mol. The maximum absolute atomic E-state index is 6.04. The molecule has 3 rings (SSSR count). The van der Waals surface area contributed by atoms with Gasteiger partial charge in [-0.1, -0.05) is 22.9 Å². The summed E-state index contributed by atoms with van der Waals surface area (Å²) in [6.45, 7) is 2.51. The molecule has 0 radical (unpaired) electrons. The first-order chi connectivity index (χ1) is 10.2. The van der Waals surface area contributed by atoms with E-state index in [-0.39, 0.29) is 0 Å². The topological polar surface area (TPSA) is 77.0 Å². The third kappa shape index (κ3) is 2.85. The molecule has 5 nitrogen and oxygen atoms in total. The predicted octanol–water partition coefficient (Wildman–Crippen LogP) is 3.74.